The van der Waals surface area contributed by atoms with Crippen LogP contribution in [0.5, 0.6) is 0 Å². The van der Waals surface area contributed by atoms with Crippen LogP contribution in [-0.2, 0) is 16.1 Å². The van der Waals surface area contributed by atoms with Gasteiger partial charge in [-0.15, -0.1) is 0 Å². The molecule has 24 heavy (non-hydrogen) atoms. The molecule has 0 saturated heterocycles. The fraction of sp³-hybridized carbons (Fsp3) is 0.300. The van der Waals surface area contributed by atoms with E-state index in [1.165, 1.54) is 16.7 Å². The molecule has 1 unspecified atom stereocenters. The van der Waals surface area contributed by atoms with Crippen molar-refractivity contribution in [3.63, 3.8) is 0 Å². The van der Waals surface area contributed by atoms with Gasteiger partial charge in [-0.1, -0.05) is 35.9 Å². The topological polar surface area (TPSA) is 58.2 Å². The molecule has 124 valence electrons. The first-order chi connectivity index (χ1) is 11.5. The van der Waals surface area contributed by atoms with E-state index >= 15 is 0 Å². The van der Waals surface area contributed by atoms with E-state index in [0.29, 0.717) is 6.54 Å². The number of amides is 2. The second-order valence-corrected chi connectivity index (χ2v) is 6.49. The minimum Gasteiger partial charge on any atom is -0.351 e. The fourth-order valence-corrected chi connectivity index (χ4v) is 3.43. The van der Waals surface area contributed by atoms with E-state index in [1.807, 2.05) is 24.3 Å². The molecule has 0 spiro atoms. The van der Waals surface area contributed by atoms with Gasteiger partial charge in [0.05, 0.1) is 5.92 Å². The van der Waals surface area contributed by atoms with Gasteiger partial charge in [0, 0.05) is 18.7 Å². The summed E-state index contributed by atoms with van der Waals surface area (Å²) in [5.41, 5.74) is 6.33. The van der Waals surface area contributed by atoms with Gasteiger partial charge >= 0.3 is 0 Å². The predicted molar refractivity (Wildman–Crippen MR) is 94.9 cm³/mol. The van der Waals surface area contributed by atoms with Crippen LogP contribution >= 0.6 is 0 Å². The largest absolute Gasteiger partial charge is 0.351 e. The Hall–Kier alpha value is -2.62. The standard InChI is InChI=1S/C20H22N2O2/c1-12-8-13(2)17(14(3)9-12)11-21-20(24)16-10-19(23)22-18-7-5-4-6-15(16)18/h4-9,16H,10-11H2,1-3H3,(H,21,24)(H,22,23). The summed E-state index contributed by atoms with van der Waals surface area (Å²) < 4.78 is 0. The lowest BCUT2D eigenvalue weighted by Crippen LogP contribution is -2.35. The van der Waals surface area contributed by atoms with Gasteiger partial charge in [0.2, 0.25) is 11.8 Å². The molecule has 0 radical (unpaired) electrons. The van der Waals surface area contributed by atoms with Crippen molar-refractivity contribution in [1.82, 2.24) is 5.32 Å². The second-order valence-electron chi connectivity index (χ2n) is 6.49. The van der Waals surface area contributed by atoms with Crippen LogP contribution in [0.15, 0.2) is 36.4 Å². The van der Waals surface area contributed by atoms with E-state index in [1.54, 1.807) is 0 Å². The van der Waals surface area contributed by atoms with Crippen LogP contribution in [0.1, 0.15) is 40.2 Å². The van der Waals surface area contributed by atoms with Crippen LogP contribution in [0.4, 0.5) is 5.69 Å². The van der Waals surface area contributed by atoms with Crippen LogP contribution in [0.3, 0.4) is 0 Å². The van der Waals surface area contributed by atoms with E-state index in [4.69, 9.17) is 0 Å². The number of anilines is 1. The average molecular weight is 322 g/mol. The number of aryl methyl sites for hydroxylation is 3. The van der Waals surface area contributed by atoms with Crippen LogP contribution in [0.2, 0.25) is 0 Å². The Labute approximate surface area is 142 Å². The number of nitrogens with one attached hydrogen (secondary N) is 2. The van der Waals surface area contributed by atoms with E-state index in [9.17, 15) is 9.59 Å². The Morgan fingerprint density at radius 3 is 2.54 bits per heavy atom. The molecule has 0 aromatic heterocycles. The Kier molecular flexibility index (Phi) is 4.38. The molecule has 1 aliphatic rings. The molecule has 1 heterocycles. The minimum absolute atomic E-state index is 0.100. The third-order valence-corrected chi connectivity index (χ3v) is 4.60. The van der Waals surface area contributed by atoms with Gasteiger partial charge in [0.15, 0.2) is 0 Å². The van der Waals surface area contributed by atoms with Crippen molar-refractivity contribution in [3.8, 4) is 0 Å². The summed E-state index contributed by atoms with van der Waals surface area (Å²) >= 11 is 0. The maximum Gasteiger partial charge on any atom is 0.228 e. The summed E-state index contributed by atoms with van der Waals surface area (Å²) in [4.78, 5) is 24.5. The Balaban J connectivity index is 1.78. The molecule has 4 nitrogen and oxygen atoms in total. The van der Waals surface area contributed by atoms with E-state index < -0.39 is 5.92 Å². The lowest BCUT2D eigenvalue weighted by Gasteiger charge is -2.25. The second kappa shape index (κ2) is 6.48. The zero-order chi connectivity index (χ0) is 17.3. The van der Waals surface area contributed by atoms with E-state index in [-0.39, 0.29) is 18.2 Å². The summed E-state index contributed by atoms with van der Waals surface area (Å²) in [7, 11) is 0. The summed E-state index contributed by atoms with van der Waals surface area (Å²) in [6.45, 7) is 6.67. The molecule has 2 aromatic rings. The van der Waals surface area contributed by atoms with Gasteiger partial charge in [-0.3, -0.25) is 9.59 Å². The quantitative estimate of drug-likeness (QED) is 0.910. The van der Waals surface area contributed by atoms with E-state index in [0.717, 1.165) is 16.8 Å². The average Bonchev–Trinajstić information content (AvgIpc) is 2.52. The number of carbonyl (C=O) groups is 2. The van der Waals surface area contributed by atoms with Gasteiger partial charge < -0.3 is 10.6 Å². The highest BCUT2D eigenvalue weighted by Crippen LogP contribution is 2.32. The number of para-hydroxylation sites is 1. The monoisotopic (exact) mass is 322 g/mol. The minimum atomic E-state index is -0.430. The molecule has 2 aromatic carbocycles. The number of carbonyl (C=O) groups excluding carboxylic acids is 2. The third kappa shape index (κ3) is 3.18. The van der Waals surface area contributed by atoms with Crippen molar-refractivity contribution in [1.29, 1.82) is 0 Å². The molecule has 2 amide bonds. The van der Waals surface area contributed by atoms with Crippen molar-refractivity contribution in [3.05, 3.63) is 64.2 Å². The van der Waals surface area contributed by atoms with Gasteiger partial charge in [0.25, 0.3) is 0 Å². The van der Waals surface area contributed by atoms with Gasteiger partial charge in [-0.2, -0.15) is 0 Å². The lowest BCUT2D eigenvalue weighted by atomic mass is 9.89. The summed E-state index contributed by atoms with van der Waals surface area (Å²) in [5.74, 6) is -0.644. The molecule has 0 bridgehead atoms. The summed E-state index contributed by atoms with van der Waals surface area (Å²) in [6, 6.07) is 11.7. The summed E-state index contributed by atoms with van der Waals surface area (Å²) in [5, 5.41) is 5.84. The van der Waals surface area contributed by atoms with Gasteiger partial charge in [-0.05, 0) is 49.1 Å². The molecule has 3 rings (SSSR count). The molecule has 0 saturated carbocycles. The first-order valence-electron chi connectivity index (χ1n) is 8.19. The molecule has 2 N–H and O–H groups in total. The smallest absolute Gasteiger partial charge is 0.228 e. The zero-order valence-corrected chi connectivity index (χ0v) is 14.3. The SMILES string of the molecule is Cc1cc(C)c(CNC(=O)C2CC(=O)Nc3ccccc32)c(C)c1. The molecule has 4 heteroatoms. The number of rotatable bonds is 3. The normalized spacial score (nSPS) is 16.3. The number of benzene rings is 2. The van der Waals surface area contributed by atoms with Crippen LogP contribution in [0, 0.1) is 20.8 Å². The molecule has 0 aliphatic carbocycles. The number of fused-ring (bicyclic) bond motifs is 1. The first kappa shape index (κ1) is 16.2. The predicted octanol–water partition coefficient (Wildman–Crippen LogP) is 3.35. The molecular formula is C20H22N2O2. The van der Waals surface area contributed by atoms with Crippen LogP contribution in [-0.4, -0.2) is 11.8 Å². The van der Waals surface area contributed by atoms with Crippen molar-refractivity contribution in [2.45, 2.75) is 39.7 Å². The van der Waals surface area contributed by atoms with Gasteiger partial charge in [0.1, 0.15) is 0 Å². The fourth-order valence-electron chi connectivity index (χ4n) is 3.43. The van der Waals surface area contributed by atoms with E-state index in [2.05, 4.69) is 43.5 Å². The van der Waals surface area contributed by atoms with Crippen molar-refractivity contribution < 1.29 is 9.59 Å². The molecular weight excluding hydrogens is 300 g/mol. The molecule has 1 aliphatic heterocycles. The van der Waals surface area contributed by atoms with Crippen molar-refractivity contribution in [2.75, 3.05) is 5.32 Å². The van der Waals surface area contributed by atoms with Crippen molar-refractivity contribution >= 4 is 17.5 Å². The van der Waals surface area contributed by atoms with Crippen molar-refractivity contribution in [2.24, 2.45) is 0 Å². The zero-order valence-electron chi connectivity index (χ0n) is 14.3. The summed E-state index contributed by atoms with van der Waals surface area (Å²) in [6.07, 6.45) is 0.189. The maximum absolute atomic E-state index is 12.7. The van der Waals surface area contributed by atoms with Crippen LogP contribution in [0.25, 0.3) is 0 Å². The number of hydrogen-bond donors (Lipinski definition) is 2. The molecule has 0 fully saturated rings. The Bertz CT molecular complexity index is 788. The Morgan fingerprint density at radius 2 is 1.83 bits per heavy atom. The highest BCUT2D eigenvalue weighted by Gasteiger charge is 2.30. The number of hydrogen-bond acceptors (Lipinski definition) is 2. The van der Waals surface area contributed by atoms with Crippen LogP contribution < -0.4 is 10.6 Å². The highest BCUT2D eigenvalue weighted by atomic mass is 16.2. The van der Waals surface area contributed by atoms with Gasteiger partial charge in [-0.25, -0.2) is 0 Å². The Morgan fingerprint density at radius 1 is 1.17 bits per heavy atom. The maximum atomic E-state index is 12.7. The highest BCUT2D eigenvalue weighted by molar-refractivity contribution is 6.01. The molecule has 1 atom stereocenters. The third-order valence-electron chi connectivity index (χ3n) is 4.60. The lowest BCUT2D eigenvalue weighted by molar-refractivity contribution is -0.126. The first-order valence-corrected chi connectivity index (χ1v) is 8.19.